The van der Waals surface area contributed by atoms with Gasteiger partial charge in [0.05, 0.1) is 17.3 Å². The Bertz CT molecular complexity index is 667. The fourth-order valence-electron chi connectivity index (χ4n) is 3.40. The molecule has 0 fully saturated rings. The molecule has 1 atom stereocenters. The summed E-state index contributed by atoms with van der Waals surface area (Å²) in [6.07, 6.45) is 4.43. The fourth-order valence-corrected chi connectivity index (χ4v) is 3.40. The summed E-state index contributed by atoms with van der Waals surface area (Å²) in [5, 5.41) is 15.9. The minimum atomic E-state index is -0.316. The Morgan fingerprint density at radius 1 is 1.35 bits per heavy atom. The molecule has 1 heterocycles. The maximum atomic E-state index is 10.0. The molecule has 1 aromatic carbocycles. The smallest absolute Gasteiger partial charge is 0.0743 e. The Labute approximate surface area is 119 Å². The lowest BCUT2D eigenvalue weighted by molar-refractivity contribution is 0.138. The van der Waals surface area contributed by atoms with Crippen molar-refractivity contribution in [3.05, 3.63) is 41.6 Å². The van der Waals surface area contributed by atoms with Crippen molar-refractivity contribution in [3.63, 3.8) is 0 Å². The molecule has 0 radical (unpaired) electrons. The number of allylic oxidation sites excluding steroid dienone is 1. The van der Waals surface area contributed by atoms with Crippen molar-refractivity contribution in [2.24, 2.45) is 12.5 Å². The number of hydrogen-bond acceptors (Lipinski definition) is 2. The first-order valence-electron chi connectivity index (χ1n) is 7.23. The van der Waals surface area contributed by atoms with Gasteiger partial charge >= 0.3 is 0 Å². The van der Waals surface area contributed by atoms with E-state index in [0.29, 0.717) is 0 Å². The van der Waals surface area contributed by atoms with Gasteiger partial charge in [-0.25, -0.2) is 0 Å². The van der Waals surface area contributed by atoms with Gasteiger partial charge in [0, 0.05) is 18.9 Å². The highest BCUT2D eigenvalue weighted by Gasteiger charge is 2.28. The van der Waals surface area contributed by atoms with Gasteiger partial charge in [0.2, 0.25) is 0 Å². The first-order chi connectivity index (χ1) is 9.44. The maximum absolute atomic E-state index is 10.0. The number of para-hydroxylation sites is 1. The molecule has 20 heavy (non-hydrogen) atoms. The summed E-state index contributed by atoms with van der Waals surface area (Å²) in [6.45, 7) is 4.44. The third-order valence-corrected chi connectivity index (χ3v) is 4.12. The lowest BCUT2D eigenvalue weighted by atomic mass is 9.75. The molecule has 106 valence electrons. The second-order valence-corrected chi connectivity index (χ2v) is 6.70. The molecular formula is C17H22N2O. The summed E-state index contributed by atoms with van der Waals surface area (Å²) in [6, 6.07) is 8.32. The molecule has 0 saturated heterocycles. The molecule has 0 amide bonds. The van der Waals surface area contributed by atoms with Crippen molar-refractivity contribution in [2.45, 2.75) is 39.2 Å². The quantitative estimate of drug-likeness (QED) is 0.851. The van der Waals surface area contributed by atoms with Crippen LogP contribution in [0, 0.1) is 5.41 Å². The third-order valence-electron chi connectivity index (χ3n) is 4.12. The number of benzene rings is 1. The van der Waals surface area contributed by atoms with E-state index in [4.69, 9.17) is 0 Å². The van der Waals surface area contributed by atoms with Crippen LogP contribution in [0.1, 0.15) is 32.4 Å². The van der Waals surface area contributed by atoms with Gasteiger partial charge in [-0.2, -0.15) is 5.10 Å². The number of hydrogen-bond donors (Lipinski definition) is 1. The molecule has 1 aliphatic carbocycles. The number of aliphatic hydroxyl groups is 1. The second-order valence-electron chi connectivity index (χ2n) is 6.70. The SMILES string of the molecule is Cn1nc(CC2=CC(O)CC(C)(C)C2)c2ccccc21. The summed E-state index contributed by atoms with van der Waals surface area (Å²) in [5.41, 5.74) is 3.75. The molecule has 0 spiro atoms. The molecule has 3 nitrogen and oxygen atoms in total. The third kappa shape index (κ3) is 2.50. The number of rotatable bonds is 2. The van der Waals surface area contributed by atoms with Crippen molar-refractivity contribution in [2.75, 3.05) is 0 Å². The Balaban J connectivity index is 1.94. The highest BCUT2D eigenvalue weighted by atomic mass is 16.3. The van der Waals surface area contributed by atoms with Crippen LogP contribution in [0.4, 0.5) is 0 Å². The fraction of sp³-hybridized carbons (Fsp3) is 0.471. The number of nitrogens with zero attached hydrogens (tertiary/aromatic N) is 2. The van der Waals surface area contributed by atoms with Gasteiger partial charge in [-0.1, -0.05) is 43.7 Å². The van der Waals surface area contributed by atoms with Gasteiger partial charge in [0.1, 0.15) is 0 Å². The highest BCUT2D eigenvalue weighted by molar-refractivity contribution is 5.82. The lowest BCUT2D eigenvalue weighted by Crippen LogP contribution is -2.25. The van der Waals surface area contributed by atoms with Crippen LogP contribution in [0.25, 0.3) is 10.9 Å². The van der Waals surface area contributed by atoms with Gasteiger partial charge in [-0.15, -0.1) is 0 Å². The second kappa shape index (κ2) is 4.74. The Morgan fingerprint density at radius 3 is 2.85 bits per heavy atom. The Hall–Kier alpha value is -1.61. The first-order valence-corrected chi connectivity index (χ1v) is 7.23. The van der Waals surface area contributed by atoms with Gasteiger partial charge < -0.3 is 5.11 Å². The number of fused-ring (bicyclic) bond motifs is 1. The van der Waals surface area contributed by atoms with Crippen LogP contribution in [0.2, 0.25) is 0 Å². The van der Waals surface area contributed by atoms with E-state index in [2.05, 4.69) is 37.1 Å². The summed E-state index contributed by atoms with van der Waals surface area (Å²) >= 11 is 0. The van der Waals surface area contributed by atoms with Crippen molar-refractivity contribution < 1.29 is 5.11 Å². The van der Waals surface area contributed by atoms with Crippen LogP contribution < -0.4 is 0 Å². The van der Waals surface area contributed by atoms with Gasteiger partial charge in [-0.05, 0) is 24.3 Å². The molecule has 0 aliphatic heterocycles. The van der Waals surface area contributed by atoms with E-state index in [9.17, 15) is 5.11 Å². The zero-order valence-corrected chi connectivity index (χ0v) is 12.4. The number of aromatic nitrogens is 2. The van der Waals surface area contributed by atoms with Crippen LogP contribution in [0.5, 0.6) is 0 Å². The van der Waals surface area contributed by atoms with Crippen molar-refractivity contribution in [1.29, 1.82) is 0 Å². The summed E-state index contributed by atoms with van der Waals surface area (Å²) < 4.78 is 1.94. The minimum Gasteiger partial charge on any atom is -0.389 e. The number of aliphatic hydroxyl groups excluding tert-OH is 1. The Kier molecular flexibility index (Phi) is 3.17. The predicted octanol–water partition coefficient (Wildman–Crippen LogP) is 3.22. The molecule has 0 saturated carbocycles. The predicted molar refractivity (Wildman–Crippen MR) is 81.5 cm³/mol. The molecule has 3 rings (SSSR count). The molecule has 1 aliphatic rings. The standard InChI is InChI=1S/C17H22N2O/c1-17(2)10-12(8-13(20)11-17)9-15-14-6-4-5-7-16(14)19(3)18-15/h4-8,13,20H,9-11H2,1-3H3. The number of aryl methyl sites for hydroxylation is 1. The average molecular weight is 270 g/mol. The Morgan fingerprint density at radius 2 is 2.10 bits per heavy atom. The van der Waals surface area contributed by atoms with E-state index >= 15 is 0 Å². The lowest BCUT2D eigenvalue weighted by Gasteiger charge is -2.32. The topological polar surface area (TPSA) is 38.0 Å². The molecular weight excluding hydrogens is 248 g/mol. The maximum Gasteiger partial charge on any atom is 0.0743 e. The molecule has 2 aromatic rings. The molecule has 1 aromatic heterocycles. The highest BCUT2D eigenvalue weighted by Crippen LogP contribution is 2.37. The van der Waals surface area contributed by atoms with Gasteiger partial charge in [-0.3, -0.25) is 4.68 Å². The van der Waals surface area contributed by atoms with Crippen LogP contribution in [0.15, 0.2) is 35.9 Å². The van der Waals surface area contributed by atoms with E-state index in [1.165, 1.54) is 16.5 Å². The van der Waals surface area contributed by atoms with E-state index in [0.717, 1.165) is 25.0 Å². The zero-order valence-electron chi connectivity index (χ0n) is 12.4. The normalized spacial score (nSPS) is 22.0. The zero-order chi connectivity index (χ0) is 14.3. The monoisotopic (exact) mass is 270 g/mol. The molecule has 1 N–H and O–H groups in total. The first kappa shape index (κ1) is 13.4. The summed E-state index contributed by atoms with van der Waals surface area (Å²) in [4.78, 5) is 0. The van der Waals surface area contributed by atoms with Crippen LogP contribution in [-0.2, 0) is 13.5 Å². The van der Waals surface area contributed by atoms with Crippen LogP contribution >= 0.6 is 0 Å². The minimum absolute atomic E-state index is 0.175. The van der Waals surface area contributed by atoms with Gasteiger partial charge in [0.15, 0.2) is 0 Å². The molecule has 3 heteroatoms. The van der Waals surface area contributed by atoms with Crippen molar-refractivity contribution in [1.82, 2.24) is 9.78 Å². The van der Waals surface area contributed by atoms with Crippen LogP contribution in [-0.4, -0.2) is 21.0 Å². The largest absolute Gasteiger partial charge is 0.389 e. The van der Waals surface area contributed by atoms with E-state index in [-0.39, 0.29) is 11.5 Å². The molecule has 0 bridgehead atoms. The van der Waals surface area contributed by atoms with Crippen molar-refractivity contribution in [3.8, 4) is 0 Å². The average Bonchev–Trinajstić information content (AvgIpc) is 2.64. The van der Waals surface area contributed by atoms with Gasteiger partial charge in [0.25, 0.3) is 0 Å². The van der Waals surface area contributed by atoms with Crippen LogP contribution in [0.3, 0.4) is 0 Å². The van der Waals surface area contributed by atoms with E-state index in [1.807, 2.05) is 23.9 Å². The molecule has 1 unspecified atom stereocenters. The van der Waals surface area contributed by atoms with E-state index < -0.39 is 0 Å². The van der Waals surface area contributed by atoms with E-state index in [1.54, 1.807) is 0 Å². The summed E-state index contributed by atoms with van der Waals surface area (Å²) in [7, 11) is 1.99. The van der Waals surface area contributed by atoms with Crippen molar-refractivity contribution >= 4 is 10.9 Å². The summed E-state index contributed by atoms with van der Waals surface area (Å²) in [5.74, 6) is 0.